The van der Waals surface area contributed by atoms with E-state index < -0.39 is 0 Å². The third kappa shape index (κ3) is 6.05. The molecule has 0 radical (unpaired) electrons. The maximum atomic E-state index is 6.10. The fourth-order valence-corrected chi connectivity index (χ4v) is 6.21. The van der Waals surface area contributed by atoms with Gasteiger partial charge in [0.2, 0.25) is 0 Å². The smallest absolute Gasteiger partial charge is 0.127 e. The highest BCUT2D eigenvalue weighted by Gasteiger charge is 2.14. The summed E-state index contributed by atoms with van der Waals surface area (Å²) < 4.78 is 6.10. The summed E-state index contributed by atoms with van der Waals surface area (Å²) in [5.74, 6) is 1.61. The lowest BCUT2D eigenvalue weighted by Gasteiger charge is -2.26. The Labute approximate surface area is 281 Å². The van der Waals surface area contributed by atoms with Crippen molar-refractivity contribution in [2.24, 2.45) is 0 Å². The second-order valence-corrected chi connectivity index (χ2v) is 11.7. The summed E-state index contributed by atoms with van der Waals surface area (Å²) in [6.45, 7) is 0. The Morgan fingerprint density at radius 3 is 1.54 bits per heavy atom. The molecule has 0 fully saturated rings. The molecule has 1 heterocycles. The first-order valence-electron chi connectivity index (χ1n) is 16.1. The van der Waals surface area contributed by atoms with Gasteiger partial charge in [-0.1, -0.05) is 103 Å². The standard InChI is InChI=1S/C45H32N2O/c1-3-8-36(9-4-1)44-13-7-10-37-14-15-38(32-45(37)44)34-18-22-40(23-19-34)47(39-20-16-33(17-21-39)35-28-30-46-31-29-35)41-24-26-43(27-25-41)48-42-11-5-2-6-12-42/h1-32H. The number of rotatable bonds is 8. The summed E-state index contributed by atoms with van der Waals surface area (Å²) in [6.07, 6.45) is 3.66. The molecule has 8 aromatic rings. The fraction of sp³-hybridized carbons (Fsp3) is 0. The van der Waals surface area contributed by atoms with Gasteiger partial charge < -0.3 is 9.64 Å². The summed E-state index contributed by atoms with van der Waals surface area (Å²) >= 11 is 0. The Morgan fingerprint density at radius 1 is 0.375 bits per heavy atom. The van der Waals surface area contributed by atoms with Gasteiger partial charge >= 0.3 is 0 Å². The van der Waals surface area contributed by atoms with E-state index in [9.17, 15) is 0 Å². The highest BCUT2D eigenvalue weighted by Crippen LogP contribution is 2.38. The van der Waals surface area contributed by atoms with Crippen molar-refractivity contribution in [2.45, 2.75) is 0 Å². The molecule has 0 saturated carbocycles. The lowest BCUT2D eigenvalue weighted by atomic mass is 9.95. The molecule has 0 spiro atoms. The van der Waals surface area contributed by atoms with Crippen LogP contribution in [-0.2, 0) is 0 Å². The third-order valence-corrected chi connectivity index (χ3v) is 8.64. The van der Waals surface area contributed by atoms with Gasteiger partial charge in [0.1, 0.15) is 11.5 Å². The van der Waals surface area contributed by atoms with Crippen LogP contribution in [0.1, 0.15) is 0 Å². The van der Waals surface area contributed by atoms with E-state index in [2.05, 4.69) is 137 Å². The Kier molecular flexibility index (Phi) is 7.92. The van der Waals surface area contributed by atoms with Crippen molar-refractivity contribution in [1.82, 2.24) is 4.98 Å². The predicted octanol–water partition coefficient (Wildman–Crippen LogP) is 12.5. The molecule has 0 atom stereocenters. The molecule has 0 N–H and O–H groups in total. The molecule has 0 unspecified atom stereocenters. The van der Waals surface area contributed by atoms with Crippen LogP contribution in [0.2, 0.25) is 0 Å². The van der Waals surface area contributed by atoms with Crippen LogP contribution in [0.3, 0.4) is 0 Å². The number of hydrogen-bond acceptors (Lipinski definition) is 3. The highest BCUT2D eigenvalue weighted by atomic mass is 16.5. The lowest BCUT2D eigenvalue weighted by Crippen LogP contribution is -2.09. The van der Waals surface area contributed by atoms with Crippen LogP contribution in [-0.4, -0.2) is 4.98 Å². The zero-order chi connectivity index (χ0) is 32.1. The van der Waals surface area contributed by atoms with Gasteiger partial charge in [0.25, 0.3) is 0 Å². The van der Waals surface area contributed by atoms with Gasteiger partial charge in [-0.15, -0.1) is 0 Å². The predicted molar refractivity (Wildman–Crippen MR) is 199 cm³/mol. The normalized spacial score (nSPS) is 10.9. The van der Waals surface area contributed by atoms with Gasteiger partial charge in [0.05, 0.1) is 0 Å². The molecule has 0 aliphatic heterocycles. The number of hydrogen-bond donors (Lipinski definition) is 0. The summed E-state index contributed by atoms with van der Waals surface area (Å²) in [7, 11) is 0. The van der Waals surface area contributed by atoms with Crippen molar-refractivity contribution < 1.29 is 4.74 Å². The molecule has 0 aliphatic rings. The quantitative estimate of drug-likeness (QED) is 0.170. The molecular weight excluding hydrogens is 585 g/mol. The zero-order valence-electron chi connectivity index (χ0n) is 26.3. The van der Waals surface area contributed by atoms with Crippen LogP contribution < -0.4 is 9.64 Å². The first kappa shape index (κ1) is 29.0. The van der Waals surface area contributed by atoms with Gasteiger partial charge in [0, 0.05) is 29.5 Å². The van der Waals surface area contributed by atoms with E-state index in [0.29, 0.717) is 0 Å². The van der Waals surface area contributed by atoms with Gasteiger partial charge in [-0.25, -0.2) is 0 Å². The Balaban J connectivity index is 1.15. The average Bonchev–Trinajstić information content (AvgIpc) is 3.17. The van der Waals surface area contributed by atoms with Crippen LogP contribution in [0, 0.1) is 0 Å². The number of pyridine rings is 1. The molecule has 0 bridgehead atoms. The van der Waals surface area contributed by atoms with Gasteiger partial charge in [0.15, 0.2) is 0 Å². The van der Waals surface area contributed by atoms with Crippen molar-refractivity contribution in [3.05, 3.63) is 194 Å². The maximum absolute atomic E-state index is 6.10. The van der Waals surface area contributed by atoms with E-state index in [-0.39, 0.29) is 0 Å². The Hall–Kier alpha value is -6.45. The van der Waals surface area contributed by atoms with Gasteiger partial charge in [-0.2, -0.15) is 0 Å². The van der Waals surface area contributed by atoms with Crippen molar-refractivity contribution in [2.75, 3.05) is 4.90 Å². The molecule has 7 aromatic carbocycles. The van der Waals surface area contributed by atoms with E-state index in [1.807, 2.05) is 67.0 Å². The number of anilines is 3. The monoisotopic (exact) mass is 616 g/mol. The molecule has 3 nitrogen and oxygen atoms in total. The van der Waals surface area contributed by atoms with Crippen molar-refractivity contribution >= 4 is 27.8 Å². The molecule has 0 aliphatic carbocycles. The topological polar surface area (TPSA) is 25.4 Å². The SMILES string of the molecule is c1ccc(Oc2ccc(N(c3ccc(-c4ccncc4)cc3)c3ccc(-c4ccc5cccc(-c6ccccc6)c5c4)cc3)cc2)cc1. The number of aromatic nitrogens is 1. The molecule has 0 saturated heterocycles. The van der Waals surface area contributed by atoms with Crippen LogP contribution in [0.4, 0.5) is 17.1 Å². The average molecular weight is 617 g/mol. The minimum Gasteiger partial charge on any atom is -0.457 e. The number of nitrogens with zero attached hydrogens (tertiary/aromatic N) is 2. The number of fused-ring (bicyclic) bond motifs is 1. The van der Waals surface area contributed by atoms with Gasteiger partial charge in [-0.3, -0.25) is 4.98 Å². The third-order valence-electron chi connectivity index (χ3n) is 8.64. The summed E-state index contributed by atoms with van der Waals surface area (Å²) in [5, 5.41) is 2.48. The largest absolute Gasteiger partial charge is 0.457 e. The number of para-hydroxylation sites is 1. The van der Waals surface area contributed by atoms with E-state index in [0.717, 1.165) is 39.7 Å². The molecule has 228 valence electrons. The van der Waals surface area contributed by atoms with Crippen LogP contribution in [0.5, 0.6) is 11.5 Å². The molecule has 8 rings (SSSR count). The Morgan fingerprint density at radius 2 is 0.896 bits per heavy atom. The highest BCUT2D eigenvalue weighted by molar-refractivity contribution is 5.99. The number of benzene rings is 7. The summed E-state index contributed by atoms with van der Waals surface area (Å²) in [6, 6.07) is 63.6. The van der Waals surface area contributed by atoms with Gasteiger partial charge in [-0.05, 0) is 123 Å². The van der Waals surface area contributed by atoms with Crippen molar-refractivity contribution in [3.8, 4) is 44.9 Å². The second-order valence-electron chi connectivity index (χ2n) is 11.7. The van der Waals surface area contributed by atoms with Crippen molar-refractivity contribution in [3.63, 3.8) is 0 Å². The molecular formula is C45H32N2O. The minimum absolute atomic E-state index is 0.791. The van der Waals surface area contributed by atoms with E-state index in [1.54, 1.807) is 0 Å². The van der Waals surface area contributed by atoms with Crippen LogP contribution in [0.15, 0.2) is 194 Å². The molecule has 0 amide bonds. The van der Waals surface area contributed by atoms with Crippen LogP contribution in [0.25, 0.3) is 44.2 Å². The number of ether oxygens (including phenoxy) is 1. The first-order valence-corrected chi connectivity index (χ1v) is 16.1. The second kappa shape index (κ2) is 13.1. The van der Waals surface area contributed by atoms with Crippen LogP contribution >= 0.6 is 0 Å². The van der Waals surface area contributed by atoms with Crippen molar-refractivity contribution in [1.29, 1.82) is 0 Å². The maximum Gasteiger partial charge on any atom is 0.127 e. The summed E-state index contributed by atoms with van der Waals surface area (Å²) in [4.78, 5) is 6.45. The zero-order valence-corrected chi connectivity index (χ0v) is 26.3. The van der Waals surface area contributed by atoms with E-state index in [4.69, 9.17) is 4.74 Å². The van der Waals surface area contributed by atoms with E-state index in [1.165, 1.54) is 33.0 Å². The summed E-state index contributed by atoms with van der Waals surface area (Å²) in [5.41, 5.74) is 10.3. The molecule has 1 aromatic heterocycles. The Bertz CT molecular complexity index is 2270. The first-order chi connectivity index (χ1) is 23.8. The molecule has 48 heavy (non-hydrogen) atoms. The van der Waals surface area contributed by atoms with E-state index >= 15 is 0 Å². The minimum atomic E-state index is 0.791. The fourth-order valence-electron chi connectivity index (χ4n) is 6.21. The molecule has 3 heteroatoms. The lowest BCUT2D eigenvalue weighted by molar-refractivity contribution is 0.483.